The quantitative estimate of drug-likeness (QED) is 0.751. The van der Waals surface area contributed by atoms with E-state index < -0.39 is 0 Å². The lowest BCUT2D eigenvalue weighted by Gasteiger charge is -2.10. The van der Waals surface area contributed by atoms with E-state index in [0.717, 1.165) is 11.3 Å². The third kappa shape index (κ3) is 3.45. The van der Waals surface area contributed by atoms with Crippen molar-refractivity contribution in [2.45, 2.75) is 6.92 Å². The van der Waals surface area contributed by atoms with Gasteiger partial charge in [-0.25, -0.2) is 9.37 Å². The maximum absolute atomic E-state index is 13.7. The van der Waals surface area contributed by atoms with Crippen molar-refractivity contribution in [3.05, 3.63) is 66.0 Å². The molecule has 4 nitrogen and oxygen atoms in total. The maximum atomic E-state index is 13.7. The SMILES string of the molecule is CNc1nc(Nc2ccc(C)c(F)c2)cc(-c2ccccc2)n1. The molecule has 0 bridgehead atoms. The molecule has 0 aliphatic heterocycles. The summed E-state index contributed by atoms with van der Waals surface area (Å²) in [5.41, 5.74) is 3.04. The van der Waals surface area contributed by atoms with Crippen LogP contribution in [0.2, 0.25) is 0 Å². The summed E-state index contributed by atoms with van der Waals surface area (Å²) >= 11 is 0. The van der Waals surface area contributed by atoms with Crippen LogP contribution in [0.25, 0.3) is 11.3 Å². The van der Waals surface area contributed by atoms with Gasteiger partial charge in [-0.3, -0.25) is 0 Å². The molecule has 2 N–H and O–H groups in total. The van der Waals surface area contributed by atoms with Crippen LogP contribution < -0.4 is 10.6 Å². The third-order valence-corrected chi connectivity index (χ3v) is 3.46. The Morgan fingerprint density at radius 3 is 2.43 bits per heavy atom. The highest BCUT2D eigenvalue weighted by Gasteiger charge is 2.07. The van der Waals surface area contributed by atoms with E-state index in [4.69, 9.17) is 0 Å². The van der Waals surface area contributed by atoms with Gasteiger partial charge in [-0.2, -0.15) is 4.98 Å². The summed E-state index contributed by atoms with van der Waals surface area (Å²) in [6.45, 7) is 1.73. The number of benzene rings is 2. The zero-order valence-corrected chi connectivity index (χ0v) is 13.0. The molecule has 2 aromatic carbocycles. The van der Waals surface area contributed by atoms with Crippen molar-refractivity contribution in [3.8, 4) is 11.3 Å². The summed E-state index contributed by atoms with van der Waals surface area (Å²) in [4.78, 5) is 8.83. The van der Waals surface area contributed by atoms with Crippen LogP contribution in [0.1, 0.15) is 5.56 Å². The first-order valence-electron chi connectivity index (χ1n) is 7.31. The molecule has 0 aliphatic carbocycles. The Balaban J connectivity index is 1.97. The van der Waals surface area contributed by atoms with E-state index in [-0.39, 0.29) is 5.82 Å². The minimum atomic E-state index is -0.249. The van der Waals surface area contributed by atoms with Crippen molar-refractivity contribution in [3.63, 3.8) is 0 Å². The normalized spacial score (nSPS) is 10.4. The lowest BCUT2D eigenvalue weighted by atomic mass is 10.1. The first kappa shape index (κ1) is 15.0. The van der Waals surface area contributed by atoms with Crippen LogP contribution in [0.15, 0.2) is 54.6 Å². The summed E-state index contributed by atoms with van der Waals surface area (Å²) in [6.07, 6.45) is 0. The molecule has 0 spiro atoms. The molecule has 0 saturated heterocycles. The zero-order chi connectivity index (χ0) is 16.2. The molecule has 0 saturated carbocycles. The van der Waals surface area contributed by atoms with Gasteiger partial charge in [0.25, 0.3) is 0 Å². The number of halogens is 1. The molecule has 5 heteroatoms. The van der Waals surface area contributed by atoms with Gasteiger partial charge >= 0.3 is 0 Å². The molecular weight excluding hydrogens is 291 g/mol. The molecule has 0 aliphatic rings. The van der Waals surface area contributed by atoms with Gasteiger partial charge in [-0.15, -0.1) is 0 Å². The Labute approximate surface area is 134 Å². The number of hydrogen-bond acceptors (Lipinski definition) is 4. The second kappa shape index (κ2) is 6.44. The number of aromatic nitrogens is 2. The zero-order valence-electron chi connectivity index (χ0n) is 13.0. The standard InChI is InChI=1S/C18H17FN4/c1-12-8-9-14(10-15(12)19)21-17-11-16(22-18(20-2)23-17)13-6-4-3-5-7-13/h3-11H,1-2H3,(H2,20,21,22,23). The number of aryl methyl sites for hydroxylation is 1. The topological polar surface area (TPSA) is 49.8 Å². The van der Waals surface area contributed by atoms with E-state index >= 15 is 0 Å². The van der Waals surface area contributed by atoms with Crippen LogP contribution in [-0.4, -0.2) is 17.0 Å². The Morgan fingerprint density at radius 2 is 1.74 bits per heavy atom. The van der Waals surface area contributed by atoms with Crippen molar-refractivity contribution < 1.29 is 4.39 Å². The molecule has 0 radical (unpaired) electrons. The highest BCUT2D eigenvalue weighted by molar-refractivity contribution is 5.67. The molecule has 1 heterocycles. The summed E-state index contributed by atoms with van der Waals surface area (Å²) in [5, 5.41) is 6.07. The summed E-state index contributed by atoms with van der Waals surface area (Å²) in [7, 11) is 1.76. The van der Waals surface area contributed by atoms with Gasteiger partial charge in [0.1, 0.15) is 11.6 Å². The predicted octanol–water partition coefficient (Wildman–Crippen LogP) is 4.38. The van der Waals surface area contributed by atoms with Gasteiger partial charge < -0.3 is 10.6 Å². The molecule has 1 aromatic heterocycles. The largest absolute Gasteiger partial charge is 0.357 e. The smallest absolute Gasteiger partial charge is 0.224 e. The van der Waals surface area contributed by atoms with Crippen molar-refractivity contribution in [2.75, 3.05) is 17.7 Å². The Bertz CT molecular complexity index is 819. The monoisotopic (exact) mass is 308 g/mol. The van der Waals surface area contributed by atoms with Crippen molar-refractivity contribution in [2.24, 2.45) is 0 Å². The Morgan fingerprint density at radius 1 is 0.957 bits per heavy atom. The van der Waals surface area contributed by atoms with Crippen LogP contribution in [0.3, 0.4) is 0 Å². The van der Waals surface area contributed by atoms with Crippen LogP contribution in [0, 0.1) is 12.7 Å². The highest BCUT2D eigenvalue weighted by Crippen LogP contribution is 2.24. The summed E-state index contributed by atoms with van der Waals surface area (Å²) < 4.78 is 13.7. The van der Waals surface area contributed by atoms with Gasteiger partial charge in [0.2, 0.25) is 5.95 Å². The van der Waals surface area contributed by atoms with Crippen LogP contribution in [0.4, 0.5) is 21.8 Å². The van der Waals surface area contributed by atoms with E-state index in [1.807, 2.05) is 42.5 Å². The third-order valence-electron chi connectivity index (χ3n) is 3.46. The van der Waals surface area contributed by atoms with E-state index in [1.165, 1.54) is 6.07 Å². The molecule has 3 aromatic rings. The Hall–Kier alpha value is -2.95. The van der Waals surface area contributed by atoms with Gasteiger partial charge in [0.15, 0.2) is 0 Å². The fourth-order valence-electron chi connectivity index (χ4n) is 2.20. The van der Waals surface area contributed by atoms with E-state index in [1.54, 1.807) is 20.0 Å². The second-order valence-electron chi connectivity index (χ2n) is 5.17. The number of nitrogens with one attached hydrogen (secondary N) is 2. The van der Waals surface area contributed by atoms with Crippen LogP contribution in [-0.2, 0) is 0 Å². The molecule has 3 rings (SSSR count). The molecule has 116 valence electrons. The van der Waals surface area contributed by atoms with Gasteiger partial charge in [-0.1, -0.05) is 36.4 Å². The van der Waals surface area contributed by atoms with E-state index in [0.29, 0.717) is 23.0 Å². The average Bonchev–Trinajstić information content (AvgIpc) is 2.58. The van der Waals surface area contributed by atoms with Gasteiger partial charge in [0.05, 0.1) is 5.69 Å². The minimum absolute atomic E-state index is 0.249. The maximum Gasteiger partial charge on any atom is 0.224 e. The lowest BCUT2D eigenvalue weighted by Crippen LogP contribution is -2.02. The number of nitrogens with zero attached hydrogens (tertiary/aromatic N) is 2. The molecule has 0 fully saturated rings. The van der Waals surface area contributed by atoms with E-state index in [9.17, 15) is 4.39 Å². The lowest BCUT2D eigenvalue weighted by molar-refractivity contribution is 0.619. The predicted molar refractivity (Wildman–Crippen MR) is 91.4 cm³/mol. The first-order chi connectivity index (χ1) is 11.2. The van der Waals surface area contributed by atoms with Crippen molar-refractivity contribution in [1.82, 2.24) is 9.97 Å². The van der Waals surface area contributed by atoms with Crippen LogP contribution >= 0.6 is 0 Å². The summed E-state index contributed by atoms with van der Waals surface area (Å²) in [5.74, 6) is 0.856. The molecular formula is C18H17FN4. The fraction of sp³-hybridized carbons (Fsp3) is 0.111. The summed E-state index contributed by atoms with van der Waals surface area (Å²) in [6, 6.07) is 16.7. The van der Waals surface area contributed by atoms with Crippen LogP contribution in [0.5, 0.6) is 0 Å². The number of rotatable bonds is 4. The van der Waals surface area contributed by atoms with Gasteiger partial charge in [0, 0.05) is 24.4 Å². The van der Waals surface area contributed by atoms with Gasteiger partial charge in [-0.05, 0) is 24.6 Å². The van der Waals surface area contributed by atoms with Crippen molar-refractivity contribution in [1.29, 1.82) is 0 Å². The highest BCUT2D eigenvalue weighted by atomic mass is 19.1. The first-order valence-corrected chi connectivity index (χ1v) is 7.31. The molecule has 0 unspecified atom stereocenters. The number of hydrogen-bond donors (Lipinski definition) is 2. The van der Waals surface area contributed by atoms with Crippen molar-refractivity contribution >= 4 is 17.5 Å². The molecule has 0 atom stereocenters. The molecule has 23 heavy (non-hydrogen) atoms. The second-order valence-corrected chi connectivity index (χ2v) is 5.17. The van der Waals surface area contributed by atoms with E-state index in [2.05, 4.69) is 20.6 Å². The molecule has 0 amide bonds. The minimum Gasteiger partial charge on any atom is -0.357 e. The Kier molecular flexibility index (Phi) is 4.19. The average molecular weight is 308 g/mol. The fourth-order valence-corrected chi connectivity index (χ4v) is 2.20. The number of anilines is 3.